The molecule has 4 nitrogen and oxygen atoms in total. The molecule has 3 aliphatic rings. The summed E-state index contributed by atoms with van der Waals surface area (Å²) >= 11 is 0. The van der Waals surface area contributed by atoms with Crippen LogP contribution in [0, 0.1) is 5.92 Å². The minimum Gasteiger partial charge on any atom is -0.481 e. The summed E-state index contributed by atoms with van der Waals surface area (Å²) in [7, 11) is 0. The fourth-order valence-corrected chi connectivity index (χ4v) is 4.89. The lowest BCUT2D eigenvalue weighted by molar-refractivity contribution is -0.143. The van der Waals surface area contributed by atoms with Crippen LogP contribution in [0.3, 0.4) is 0 Å². The topological polar surface area (TPSA) is 52.6 Å². The van der Waals surface area contributed by atoms with Gasteiger partial charge in [-0.1, -0.05) is 30.3 Å². The Morgan fingerprint density at radius 1 is 1.20 bits per heavy atom. The Kier molecular flexibility index (Phi) is 4.83. The second-order valence-electron chi connectivity index (χ2n) is 8.35. The van der Waals surface area contributed by atoms with Crippen LogP contribution in [-0.4, -0.2) is 47.2 Å². The van der Waals surface area contributed by atoms with Gasteiger partial charge in [-0.2, -0.15) is 0 Å². The van der Waals surface area contributed by atoms with Gasteiger partial charge in [-0.05, 0) is 69.6 Å². The van der Waals surface area contributed by atoms with Crippen molar-refractivity contribution in [2.45, 2.75) is 62.4 Å². The predicted molar refractivity (Wildman–Crippen MR) is 98.7 cm³/mol. The van der Waals surface area contributed by atoms with Gasteiger partial charge in [0.1, 0.15) is 0 Å². The van der Waals surface area contributed by atoms with Gasteiger partial charge in [0.25, 0.3) is 0 Å². The molecule has 2 saturated carbocycles. The number of piperidine rings is 1. The summed E-state index contributed by atoms with van der Waals surface area (Å²) in [5.74, 6) is 0.814. The van der Waals surface area contributed by atoms with Gasteiger partial charge in [0.05, 0.1) is 6.42 Å². The van der Waals surface area contributed by atoms with E-state index < -0.39 is 5.97 Å². The zero-order valence-electron chi connectivity index (χ0n) is 15.0. The molecule has 0 spiro atoms. The van der Waals surface area contributed by atoms with E-state index in [1.165, 1.54) is 31.2 Å². The van der Waals surface area contributed by atoms with E-state index in [-0.39, 0.29) is 5.54 Å². The first-order valence-electron chi connectivity index (χ1n) is 9.91. The summed E-state index contributed by atoms with van der Waals surface area (Å²) in [6, 6.07) is 11.5. The minimum absolute atomic E-state index is 0.0148. The van der Waals surface area contributed by atoms with Crippen molar-refractivity contribution in [3.05, 3.63) is 35.9 Å². The maximum atomic E-state index is 11.2. The molecule has 1 aromatic rings. The number of hydrogen-bond acceptors (Lipinski definition) is 3. The first kappa shape index (κ1) is 17.0. The SMILES string of the molecule is O=C(O)CC1(N2CCC(CN[C@@H]3C[C@H]3c3ccccc3)CC2)CCC1. The molecule has 4 heteroatoms. The number of nitrogens with one attached hydrogen (secondary N) is 1. The molecule has 1 aliphatic heterocycles. The summed E-state index contributed by atoms with van der Waals surface area (Å²) in [5, 5.41) is 13.0. The van der Waals surface area contributed by atoms with Crippen LogP contribution in [0.25, 0.3) is 0 Å². The van der Waals surface area contributed by atoms with Crippen LogP contribution < -0.4 is 5.32 Å². The van der Waals surface area contributed by atoms with Crippen molar-refractivity contribution in [3.63, 3.8) is 0 Å². The second-order valence-corrected chi connectivity index (χ2v) is 8.35. The molecule has 0 amide bonds. The number of aliphatic carboxylic acids is 1. The van der Waals surface area contributed by atoms with Crippen LogP contribution in [-0.2, 0) is 4.79 Å². The van der Waals surface area contributed by atoms with Crippen molar-refractivity contribution in [1.29, 1.82) is 0 Å². The van der Waals surface area contributed by atoms with Crippen LogP contribution in [0.4, 0.5) is 0 Å². The first-order valence-corrected chi connectivity index (χ1v) is 9.91. The van der Waals surface area contributed by atoms with Crippen LogP contribution in [0.1, 0.15) is 56.4 Å². The fourth-order valence-electron chi connectivity index (χ4n) is 4.89. The monoisotopic (exact) mass is 342 g/mol. The third-order valence-corrected chi connectivity index (χ3v) is 6.74. The lowest BCUT2D eigenvalue weighted by Gasteiger charge is -2.52. The quantitative estimate of drug-likeness (QED) is 0.799. The van der Waals surface area contributed by atoms with E-state index in [0.717, 1.165) is 38.4 Å². The first-order chi connectivity index (χ1) is 12.2. The van der Waals surface area contributed by atoms with Gasteiger partial charge in [0.2, 0.25) is 0 Å². The summed E-state index contributed by atoms with van der Waals surface area (Å²) < 4.78 is 0. The normalized spacial score (nSPS) is 29.1. The molecule has 2 N–H and O–H groups in total. The van der Waals surface area contributed by atoms with Gasteiger partial charge in [0, 0.05) is 17.5 Å². The average molecular weight is 342 g/mol. The Morgan fingerprint density at radius 3 is 2.52 bits per heavy atom. The fraction of sp³-hybridized carbons (Fsp3) is 0.667. The number of carbonyl (C=O) groups is 1. The van der Waals surface area contributed by atoms with Crippen LogP contribution in [0.15, 0.2) is 30.3 Å². The number of likely N-dealkylation sites (tertiary alicyclic amines) is 1. The van der Waals surface area contributed by atoms with Crippen LogP contribution in [0.5, 0.6) is 0 Å². The van der Waals surface area contributed by atoms with Gasteiger partial charge in [-0.3, -0.25) is 9.69 Å². The molecule has 2 aliphatic carbocycles. The van der Waals surface area contributed by atoms with Crippen molar-refractivity contribution >= 4 is 5.97 Å². The van der Waals surface area contributed by atoms with E-state index in [0.29, 0.717) is 18.4 Å². The molecular weight excluding hydrogens is 312 g/mol. The Balaban J connectivity index is 1.20. The number of carboxylic acid groups (broad SMARTS) is 1. The highest BCUT2D eigenvalue weighted by atomic mass is 16.4. The number of benzene rings is 1. The molecule has 1 saturated heterocycles. The summed E-state index contributed by atoms with van der Waals surface area (Å²) in [4.78, 5) is 13.7. The molecule has 4 rings (SSSR count). The van der Waals surface area contributed by atoms with Crippen molar-refractivity contribution in [2.75, 3.05) is 19.6 Å². The number of carboxylic acids is 1. The molecule has 0 bridgehead atoms. The van der Waals surface area contributed by atoms with Gasteiger partial charge in [-0.25, -0.2) is 0 Å². The lowest BCUT2D eigenvalue weighted by atomic mass is 9.72. The smallest absolute Gasteiger partial charge is 0.305 e. The lowest BCUT2D eigenvalue weighted by Crippen LogP contribution is -2.57. The van der Waals surface area contributed by atoms with Crippen molar-refractivity contribution < 1.29 is 9.90 Å². The van der Waals surface area contributed by atoms with E-state index in [1.54, 1.807) is 0 Å². The minimum atomic E-state index is -0.635. The zero-order valence-corrected chi connectivity index (χ0v) is 15.0. The van der Waals surface area contributed by atoms with Gasteiger partial charge in [-0.15, -0.1) is 0 Å². The third-order valence-electron chi connectivity index (χ3n) is 6.74. The number of rotatable bonds is 7. The highest BCUT2D eigenvalue weighted by Crippen LogP contribution is 2.43. The van der Waals surface area contributed by atoms with Gasteiger partial charge < -0.3 is 10.4 Å². The standard InChI is InChI=1S/C21H30N2O2/c24-20(25)14-21(9-4-10-21)23-11-7-16(8-12-23)15-22-19-13-18(19)17-5-2-1-3-6-17/h1-3,5-6,16,18-19,22H,4,7-15H2,(H,24,25)/t18-,19+/m0/s1. The van der Waals surface area contributed by atoms with E-state index in [1.807, 2.05) is 0 Å². The molecule has 2 atom stereocenters. The largest absolute Gasteiger partial charge is 0.481 e. The Labute approximate surface area is 150 Å². The Bertz CT molecular complexity index is 591. The molecular formula is C21H30N2O2. The van der Waals surface area contributed by atoms with E-state index in [4.69, 9.17) is 0 Å². The second kappa shape index (κ2) is 7.08. The van der Waals surface area contributed by atoms with E-state index >= 15 is 0 Å². The molecule has 3 fully saturated rings. The van der Waals surface area contributed by atoms with Crippen LogP contribution in [0.2, 0.25) is 0 Å². The molecule has 0 unspecified atom stereocenters. The maximum absolute atomic E-state index is 11.2. The highest BCUT2D eigenvalue weighted by Gasteiger charge is 2.45. The van der Waals surface area contributed by atoms with E-state index in [9.17, 15) is 9.90 Å². The maximum Gasteiger partial charge on any atom is 0.305 e. The molecule has 136 valence electrons. The van der Waals surface area contributed by atoms with Crippen molar-refractivity contribution in [3.8, 4) is 0 Å². The molecule has 0 aromatic heterocycles. The van der Waals surface area contributed by atoms with Gasteiger partial charge in [0.15, 0.2) is 0 Å². The average Bonchev–Trinajstić information content (AvgIpc) is 3.37. The summed E-state index contributed by atoms with van der Waals surface area (Å²) in [6.45, 7) is 3.27. The molecule has 1 heterocycles. The molecule has 1 aromatic carbocycles. The molecule has 25 heavy (non-hydrogen) atoms. The van der Waals surface area contributed by atoms with E-state index in [2.05, 4.69) is 40.5 Å². The van der Waals surface area contributed by atoms with Crippen molar-refractivity contribution in [1.82, 2.24) is 10.2 Å². The molecule has 0 radical (unpaired) electrons. The van der Waals surface area contributed by atoms with Crippen molar-refractivity contribution in [2.24, 2.45) is 5.92 Å². The van der Waals surface area contributed by atoms with Gasteiger partial charge >= 0.3 is 5.97 Å². The predicted octanol–water partition coefficient (Wildman–Crippen LogP) is 3.24. The third kappa shape index (κ3) is 3.75. The zero-order chi connectivity index (χ0) is 17.3. The number of nitrogens with zero attached hydrogens (tertiary/aromatic N) is 1. The Hall–Kier alpha value is -1.39. The summed E-state index contributed by atoms with van der Waals surface area (Å²) in [6.07, 6.45) is 7.35. The highest BCUT2D eigenvalue weighted by molar-refractivity contribution is 5.68. The summed E-state index contributed by atoms with van der Waals surface area (Å²) in [5.41, 5.74) is 1.45. The van der Waals surface area contributed by atoms with Crippen LogP contribution >= 0.6 is 0 Å². The Morgan fingerprint density at radius 2 is 1.92 bits per heavy atom. The number of hydrogen-bond donors (Lipinski definition) is 2.